The van der Waals surface area contributed by atoms with Gasteiger partial charge in [-0.2, -0.15) is 0 Å². The summed E-state index contributed by atoms with van der Waals surface area (Å²) in [6.45, 7) is 0.869. The van der Waals surface area contributed by atoms with Crippen LogP contribution in [0.25, 0.3) is 0 Å². The van der Waals surface area contributed by atoms with E-state index in [9.17, 15) is 19.6 Å². The molecule has 9 heteroatoms. The third-order valence-electron chi connectivity index (χ3n) is 5.60. The highest BCUT2D eigenvalue weighted by Gasteiger charge is 2.45. The van der Waals surface area contributed by atoms with Crippen molar-refractivity contribution in [2.24, 2.45) is 0 Å². The predicted octanol–water partition coefficient (Wildman–Crippen LogP) is -0.0841. The van der Waals surface area contributed by atoms with Crippen LogP contribution in [-0.2, 0) is 18.5 Å². The third-order valence-corrected chi connectivity index (χ3v) is 5.60. The molecule has 0 unspecified atom stereocenters. The van der Waals surface area contributed by atoms with E-state index in [4.69, 9.17) is 0 Å². The number of aromatic nitrogens is 3. The molecule has 0 bridgehead atoms. The van der Waals surface area contributed by atoms with Gasteiger partial charge in [-0.1, -0.05) is 6.07 Å². The Morgan fingerprint density at radius 3 is 2.70 bits per heavy atom. The van der Waals surface area contributed by atoms with Crippen molar-refractivity contribution in [2.45, 2.75) is 50.6 Å². The molecule has 3 N–H and O–H groups in total. The Labute approximate surface area is 156 Å². The molecule has 1 aromatic carbocycles. The smallest absolute Gasteiger partial charge is 0.423 e. The maximum absolute atomic E-state index is 12.9. The van der Waals surface area contributed by atoms with Gasteiger partial charge in [0.1, 0.15) is 17.6 Å². The Balaban J connectivity index is 1.61. The number of nitrogens with zero attached hydrogens (tertiary/aromatic N) is 3. The van der Waals surface area contributed by atoms with Crippen molar-refractivity contribution >= 4 is 24.8 Å². The van der Waals surface area contributed by atoms with Gasteiger partial charge in [0.05, 0.1) is 0 Å². The topological polar surface area (TPSA) is 117 Å². The summed E-state index contributed by atoms with van der Waals surface area (Å²) in [4.78, 5) is 24.1. The number of aldehydes is 1. The van der Waals surface area contributed by atoms with Crippen molar-refractivity contribution in [3.8, 4) is 0 Å². The molecule has 4 rings (SSSR count). The van der Waals surface area contributed by atoms with Gasteiger partial charge in [-0.25, -0.2) is 0 Å². The molecule has 1 fully saturated rings. The van der Waals surface area contributed by atoms with Crippen molar-refractivity contribution in [3.05, 3.63) is 41.0 Å². The van der Waals surface area contributed by atoms with Gasteiger partial charge < -0.3 is 19.9 Å². The third kappa shape index (κ3) is 3.06. The van der Waals surface area contributed by atoms with E-state index in [2.05, 4.69) is 20.1 Å². The number of carbonyl (C=O) groups excluding carboxylic acids is 2. The van der Waals surface area contributed by atoms with E-state index in [1.165, 1.54) is 18.2 Å². The second-order valence-corrected chi connectivity index (χ2v) is 7.27. The molecular weight excluding hydrogens is 347 g/mol. The minimum Gasteiger partial charge on any atom is -0.423 e. The van der Waals surface area contributed by atoms with E-state index in [0.29, 0.717) is 11.8 Å². The second kappa shape index (κ2) is 6.90. The minimum absolute atomic E-state index is 0.0754. The lowest BCUT2D eigenvalue weighted by atomic mass is 9.75. The number of benzene rings is 1. The summed E-state index contributed by atoms with van der Waals surface area (Å²) in [5.41, 5.74) is -0.0753. The van der Waals surface area contributed by atoms with Crippen LogP contribution in [-0.4, -0.2) is 44.1 Å². The van der Waals surface area contributed by atoms with Crippen LogP contribution < -0.4 is 10.8 Å². The zero-order valence-electron chi connectivity index (χ0n) is 14.9. The maximum atomic E-state index is 12.9. The fourth-order valence-electron chi connectivity index (χ4n) is 3.94. The number of hydrogen-bond donors (Lipinski definition) is 3. The Kier molecular flexibility index (Phi) is 4.57. The molecule has 1 saturated carbocycles. The van der Waals surface area contributed by atoms with Crippen LogP contribution in [0, 0.1) is 0 Å². The molecule has 2 aliphatic rings. The van der Waals surface area contributed by atoms with Crippen LogP contribution >= 0.6 is 0 Å². The molecule has 1 aliphatic carbocycles. The molecule has 0 radical (unpaired) electrons. The molecule has 8 nitrogen and oxygen atoms in total. The van der Waals surface area contributed by atoms with Crippen LogP contribution in [0.1, 0.15) is 64.5 Å². The van der Waals surface area contributed by atoms with Crippen molar-refractivity contribution in [1.29, 1.82) is 0 Å². The van der Waals surface area contributed by atoms with Crippen molar-refractivity contribution in [1.82, 2.24) is 20.1 Å². The van der Waals surface area contributed by atoms with E-state index in [1.54, 1.807) is 0 Å². The zero-order valence-corrected chi connectivity index (χ0v) is 14.9. The van der Waals surface area contributed by atoms with Crippen LogP contribution in [0.15, 0.2) is 18.2 Å². The number of aryl methyl sites for hydroxylation is 1. The molecule has 2 heterocycles. The molecule has 27 heavy (non-hydrogen) atoms. The number of fused-ring (bicyclic) bond motifs is 1. The molecule has 0 atom stereocenters. The fraction of sp³-hybridized carbons (Fsp3) is 0.444. The number of nitrogens with one attached hydrogen (secondary N) is 1. The van der Waals surface area contributed by atoms with Crippen LogP contribution in [0.3, 0.4) is 0 Å². The number of rotatable bonds is 5. The largest absolute Gasteiger partial charge is 0.489 e. The molecular formula is C18H21BN4O4. The number of amides is 1. The first kappa shape index (κ1) is 17.9. The van der Waals surface area contributed by atoms with Gasteiger partial charge >= 0.3 is 7.12 Å². The summed E-state index contributed by atoms with van der Waals surface area (Å²) in [6.07, 6.45) is 6.20. The van der Waals surface area contributed by atoms with Gasteiger partial charge in [-0.05, 0) is 49.7 Å². The predicted molar refractivity (Wildman–Crippen MR) is 97.6 cm³/mol. The lowest BCUT2D eigenvalue weighted by Gasteiger charge is -2.42. The lowest BCUT2D eigenvalue weighted by molar-refractivity contribution is 0.0800. The van der Waals surface area contributed by atoms with Crippen molar-refractivity contribution < 1.29 is 19.6 Å². The molecule has 0 spiro atoms. The monoisotopic (exact) mass is 368 g/mol. The molecule has 140 valence electrons. The standard InChI is InChI=1S/C18H21BN4O4/c24-11-13-10-12(5-6-14(13)19(26)27)16(25)20-18(7-3-8-18)17-22-21-15-4-1-2-9-23(15)17/h5-6,10-11,26-27H,1-4,7-9H2,(H,20,25). The van der Waals surface area contributed by atoms with Gasteiger partial charge in [0.2, 0.25) is 0 Å². The molecule has 1 amide bonds. The summed E-state index contributed by atoms with van der Waals surface area (Å²) >= 11 is 0. The second-order valence-electron chi connectivity index (χ2n) is 7.27. The minimum atomic E-state index is -1.76. The van der Waals surface area contributed by atoms with Gasteiger partial charge in [0.15, 0.2) is 5.82 Å². The van der Waals surface area contributed by atoms with E-state index >= 15 is 0 Å². The Hall–Kier alpha value is -2.52. The first-order valence-electron chi connectivity index (χ1n) is 9.24. The van der Waals surface area contributed by atoms with Gasteiger partial charge in [0, 0.05) is 24.1 Å². The normalized spacial score (nSPS) is 17.6. The average Bonchev–Trinajstić information content (AvgIpc) is 3.08. The highest BCUT2D eigenvalue weighted by atomic mass is 16.4. The van der Waals surface area contributed by atoms with Gasteiger partial charge in [0.25, 0.3) is 5.91 Å². The number of hydrogen-bond acceptors (Lipinski definition) is 6. The summed E-state index contributed by atoms with van der Waals surface area (Å²) in [6, 6.07) is 4.25. The summed E-state index contributed by atoms with van der Waals surface area (Å²) in [7, 11) is -1.76. The Morgan fingerprint density at radius 1 is 1.22 bits per heavy atom. The van der Waals surface area contributed by atoms with Crippen molar-refractivity contribution in [2.75, 3.05) is 0 Å². The Morgan fingerprint density at radius 2 is 2.04 bits per heavy atom. The van der Waals surface area contributed by atoms with E-state index in [1.807, 2.05) is 0 Å². The average molecular weight is 368 g/mol. The maximum Gasteiger partial charge on any atom is 0.489 e. The van der Waals surface area contributed by atoms with Crippen molar-refractivity contribution in [3.63, 3.8) is 0 Å². The summed E-state index contributed by atoms with van der Waals surface area (Å²) in [5, 5.41) is 30.4. The zero-order chi connectivity index (χ0) is 19.0. The quantitative estimate of drug-likeness (QED) is 0.502. The fourth-order valence-corrected chi connectivity index (χ4v) is 3.94. The van der Waals surface area contributed by atoms with E-state index in [0.717, 1.165) is 56.7 Å². The first-order chi connectivity index (χ1) is 13.0. The SMILES string of the molecule is O=Cc1cc(C(=O)NC2(c3nnc4n3CCCC4)CCC2)ccc1B(O)O. The highest BCUT2D eigenvalue weighted by Crippen LogP contribution is 2.41. The van der Waals surface area contributed by atoms with Crippen LogP contribution in [0.2, 0.25) is 0 Å². The number of carbonyl (C=O) groups is 2. The van der Waals surface area contributed by atoms with Crippen LogP contribution in [0.4, 0.5) is 0 Å². The molecule has 1 aromatic heterocycles. The van der Waals surface area contributed by atoms with Gasteiger partial charge in [-0.15, -0.1) is 10.2 Å². The lowest BCUT2D eigenvalue weighted by Crippen LogP contribution is -2.52. The van der Waals surface area contributed by atoms with E-state index < -0.39 is 12.7 Å². The summed E-state index contributed by atoms with van der Waals surface area (Å²) < 4.78 is 2.13. The molecule has 2 aromatic rings. The molecule has 1 aliphatic heterocycles. The highest BCUT2D eigenvalue weighted by molar-refractivity contribution is 6.60. The van der Waals surface area contributed by atoms with E-state index in [-0.39, 0.29) is 16.9 Å². The molecule has 0 saturated heterocycles. The summed E-state index contributed by atoms with van der Waals surface area (Å²) in [5.74, 6) is 1.47. The Bertz CT molecular complexity index is 891. The first-order valence-corrected chi connectivity index (χ1v) is 9.24. The van der Waals surface area contributed by atoms with Crippen LogP contribution in [0.5, 0.6) is 0 Å². The van der Waals surface area contributed by atoms with Gasteiger partial charge in [-0.3, -0.25) is 9.59 Å².